The number of hydrogen-bond acceptors (Lipinski definition) is 3. The first kappa shape index (κ1) is 19.0. The number of likely N-dealkylation sites (N-methyl/N-ethyl adjacent to an activating group) is 1. The number of para-hydroxylation sites is 1. The predicted octanol–water partition coefficient (Wildman–Crippen LogP) is 3.57. The predicted molar refractivity (Wildman–Crippen MR) is 102 cm³/mol. The molecule has 0 fully saturated rings. The van der Waals surface area contributed by atoms with Crippen LogP contribution >= 0.6 is 0 Å². The van der Waals surface area contributed by atoms with Gasteiger partial charge in [-0.2, -0.15) is 0 Å². The van der Waals surface area contributed by atoms with Crippen LogP contribution in [0.2, 0.25) is 0 Å². The second-order valence-corrected chi connectivity index (χ2v) is 6.32. The second-order valence-electron chi connectivity index (χ2n) is 6.32. The van der Waals surface area contributed by atoms with E-state index in [9.17, 15) is 4.79 Å². The number of carbonyl (C=O) groups excluding carboxylic acids is 1. The number of methoxy groups -OCH3 is 1. The van der Waals surface area contributed by atoms with Crippen molar-refractivity contribution in [2.75, 3.05) is 33.1 Å². The number of benzene rings is 2. The van der Waals surface area contributed by atoms with Crippen LogP contribution in [0.3, 0.4) is 0 Å². The molecule has 2 N–H and O–H groups in total. The van der Waals surface area contributed by atoms with E-state index in [1.807, 2.05) is 38.4 Å². The summed E-state index contributed by atoms with van der Waals surface area (Å²) in [6.45, 7) is 3.05. The van der Waals surface area contributed by atoms with Crippen LogP contribution in [0.1, 0.15) is 22.7 Å². The minimum Gasteiger partial charge on any atom is -0.380 e. The Bertz CT molecular complexity index is 684. The zero-order valence-corrected chi connectivity index (χ0v) is 15.4. The summed E-state index contributed by atoms with van der Waals surface area (Å²) in [5.74, 6) is 0. The Morgan fingerprint density at radius 1 is 1.12 bits per heavy atom. The molecule has 0 bridgehead atoms. The average Bonchev–Trinajstić information content (AvgIpc) is 2.58. The topological polar surface area (TPSA) is 53.6 Å². The van der Waals surface area contributed by atoms with Gasteiger partial charge in [-0.05, 0) is 32.6 Å². The van der Waals surface area contributed by atoms with Gasteiger partial charge in [-0.1, -0.05) is 48.0 Å². The first-order valence-corrected chi connectivity index (χ1v) is 8.36. The van der Waals surface area contributed by atoms with E-state index in [-0.39, 0.29) is 12.1 Å². The Balaban J connectivity index is 1.99. The number of ether oxygens (including phenoxy) is 1. The summed E-state index contributed by atoms with van der Waals surface area (Å²) in [7, 11) is 5.66. The molecule has 0 aliphatic heterocycles. The number of amides is 2. The molecular formula is C20H27N3O2. The van der Waals surface area contributed by atoms with Gasteiger partial charge in [0.15, 0.2) is 0 Å². The SMILES string of the molecule is COCc1ccccc1NC(=O)NC[C@@H](c1ccc(C)cc1)N(C)C. The third-order valence-corrected chi connectivity index (χ3v) is 4.11. The van der Waals surface area contributed by atoms with Gasteiger partial charge in [0.2, 0.25) is 0 Å². The fourth-order valence-corrected chi connectivity index (χ4v) is 2.67. The maximum Gasteiger partial charge on any atom is 0.319 e. The van der Waals surface area contributed by atoms with Crippen molar-refractivity contribution in [2.24, 2.45) is 0 Å². The molecule has 5 nitrogen and oxygen atoms in total. The standard InChI is InChI=1S/C20H27N3O2/c1-15-9-11-16(12-10-15)19(23(2)3)13-21-20(24)22-18-8-6-5-7-17(18)14-25-4/h5-12,19H,13-14H2,1-4H3,(H2,21,22,24)/t19-/m0/s1. The molecule has 0 saturated heterocycles. The number of nitrogens with zero attached hydrogens (tertiary/aromatic N) is 1. The van der Waals surface area contributed by atoms with Gasteiger partial charge in [-0.15, -0.1) is 0 Å². The van der Waals surface area contributed by atoms with Crippen LogP contribution in [0, 0.1) is 6.92 Å². The lowest BCUT2D eigenvalue weighted by Gasteiger charge is -2.25. The molecule has 0 radical (unpaired) electrons. The molecule has 2 aromatic rings. The first-order valence-electron chi connectivity index (χ1n) is 8.36. The van der Waals surface area contributed by atoms with E-state index in [1.165, 1.54) is 11.1 Å². The van der Waals surface area contributed by atoms with E-state index >= 15 is 0 Å². The Morgan fingerprint density at radius 3 is 2.44 bits per heavy atom. The van der Waals surface area contributed by atoms with E-state index in [4.69, 9.17) is 4.74 Å². The average molecular weight is 341 g/mol. The van der Waals surface area contributed by atoms with Gasteiger partial charge in [-0.25, -0.2) is 4.79 Å². The number of rotatable bonds is 7. The number of carbonyl (C=O) groups is 1. The maximum absolute atomic E-state index is 12.3. The fourth-order valence-electron chi connectivity index (χ4n) is 2.67. The van der Waals surface area contributed by atoms with Gasteiger partial charge >= 0.3 is 6.03 Å². The van der Waals surface area contributed by atoms with Crippen molar-refractivity contribution in [2.45, 2.75) is 19.6 Å². The van der Waals surface area contributed by atoms with Crippen LogP contribution < -0.4 is 10.6 Å². The summed E-state index contributed by atoms with van der Waals surface area (Å²) in [6, 6.07) is 15.9. The largest absolute Gasteiger partial charge is 0.380 e. The van der Waals surface area contributed by atoms with Gasteiger partial charge in [0.25, 0.3) is 0 Å². The lowest BCUT2D eigenvalue weighted by Crippen LogP contribution is -2.37. The fraction of sp³-hybridized carbons (Fsp3) is 0.350. The minimum absolute atomic E-state index is 0.112. The zero-order chi connectivity index (χ0) is 18.2. The molecule has 0 spiro atoms. The molecule has 2 aromatic carbocycles. The molecule has 0 aliphatic carbocycles. The van der Waals surface area contributed by atoms with Crippen LogP contribution in [-0.2, 0) is 11.3 Å². The molecule has 0 aromatic heterocycles. The van der Waals surface area contributed by atoms with Gasteiger partial charge in [0.05, 0.1) is 12.6 Å². The zero-order valence-electron chi connectivity index (χ0n) is 15.4. The Kier molecular flexibility index (Phi) is 6.98. The molecule has 134 valence electrons. The van der Waals surface area contributed by atoms with Crippen LogP contribution in [0.5, 0.6) is 0 Å². The van der Waals surface area contributed by atoms with Crippen LogP contribution in [0.15, 0.2) is 48.5 Å². The highest BCUT2D eigenvalue weighted by atomic mass is 16.5. The van der Waals surface area contributed by atoms with Crippen molar-refractivity contribution < 1.29 is 9.53 Å². The van der Waals surface area contributed by atoms with Crippen LogP contribution in [-0.4, -0.2) is 38.7 Å². The molecule has 0 heterocycles. The molecule has 25 heavy (non-hydrogen) atoms. The van der Waals surface area contributed by atoms with Crippen molar-refractivity contribution in [3.8, 4) is 0 Å². The Hall–Kier alpha value is -2.37. The van der Waals surface area contributed by atoms with E-state index in [0.717, 1.165) is 11.3 Å². The van der Waals surface area contributed by atoms with E-state index < -0.39 is 0 Å². The van der Waals surface area contributed by atoms with Gasteiger partial charge in [0.1, 0.15) is 0 Å². The summed E-state index contributed by atoms with van der Waals surface area (Å²) in [5.41, 5.74) is 4.11. The molecule has 0 saturated carbocycles. The Morgan fingerprint density at radius 2 is 1.80 bits per heavy atom. The lowest BCUT2D eigenvalue weighted by atomic mass is 10.0. The van der Waals surface area contributed by atoms with Crippen molar-refractivity contribution in [1.82, 2.24) is 10.2 Å². The number of nitrogens with one attached hydrogen (secondary N) is 2. The molecular weight excluding hydrogens is 314 g/mol. The highest BCUT2D eigenvalue weighted by molar-refractivity contribution is 5.90. The number of urea groups is 1. The van der Waals surface area contributed by atoms with Crippen molar-refractivity contribution >= 4 is 11.7 Å². The normalized spacial score (nSPS) is 12.0. The number of anilines is 1. The molecule has 1 atom stereocenters. The van der Waals surface area contributed by atoms with Gasteiger partial charge in [-0.3, -0.25) is 0 Å². The van der Waals surface area contributed by atoms with E-state index in [1.54, 1.807) is 7.11 Å². The maximum atomic E-state index is 12.3. The minimum atomic E-state index is -0.220. The summed E-state index contributed by atoms with van der Waals surface area (Å²) >= 11 is 0. The number of hydrogen-bond donors (Lipinski definition) is 2. The smallest absolute Gasteiger partial charge is 0.319 e. The molecule has 0 aliphatic rings. The van der Waals surface area contributed by atoms with Crippen molar-refractivity contribution in [3.63, 3.8) is 0 Å². The third kappa shape index (κ3) is 5.59. The third-order valence-electron chi connectivity index (χ3n) is 4.11. The Labute approximate surface area is 150 Å². The van der Waals surface area contributed by atoms with Crippen LogP contribution in [0.25, 0.3) is 0 Å². The van der Waals surface area contributed by atoms with E-state index in [2.05, 4.69) is 46.7 Å². The molecule has 0 unspecified atom stereocenters. The number of aryl methyl sites for hydroxylation is 1. The molecule has 5 heteroatoms. The summed E-state index contributed by atoms with van der Waals surface area (Å²) in [6.07, 6.45) is 0. The quantitative estimate of drug-likeness (QED) is 0.809. The van der Waals surface area contributed by atoms with Crippen molar-refractivity contribution in [3.05, 3.63) is 65.2 Å². The highest BCUT2D eigenvalue weighted by Gasteiger charge is 2.15. The second kappa shape index (κ2) is 9.20. The van der Waals surface area contributed by atoms with Crippen LogP contribution in [0.4, 0.5) is 10.5 Å². The molecule has 2 rings (SSSR count). The summed E-state index contributed by atoms with van der Waals surface area (Å²) in [4.78, 5) is 14.4. The monoisotopic (exact) mass is 341 g/mol. The molecule has 2 amide bonds. The van der Waals surface area contributed by atoms with Gasteiger partial charge < -0.3 is 20.3 Å². The first-order chi connectivity index (χ1) is 12.0. The van der Waals surface area contributed by atoms with Crippen molar-refractivity contribution in [1.29, 1.82) is 0 Å². The van der Waals surface area contributed by atoms with Gasteiger partial charge in [0, 0.05) is 24.9 Å². The summed E-state index contributed by atoms with van der Waals surface area (Å²) < 4.78 is 5.17. The van der Waals surface area contributed by atoms with E-state index in [0.29, 0.717) is 13.2 Å². The highest BCUT2D eigenvalue weighted by Crippen LogP contribution is 2.19. The summed E-state index contributed by atoms with van der Waals surface area (Å²) in [5, 5.41) is 5.86. The lowest BCUT2D eigenvalue weighted by molar-refractivity contribution is 0.185.